The molecule has 1 amide bonds. The lowest BCUT2D eigenvalue weighted by molar-refractivity contribution is -0.907. The van der Waals surface area contributed by atoms with Crippen molar-refractivity contribution >= 4 is 11.6 Å². The number of hydrazone groups is 1. The number of hydrogen-bond donors (Lipinski definition) is 1. The van der Waals surface area contributed by atoms with E-state index in [-0.39, 0.29) is 11.9 Å². The summed E-state index contributed by atoms with van der Waals surface area (Å²) < 4.78 is 11.0. The zero-order valence-corrected chi connectivity index (χ0v) is 14.8. The molecule has 2 aliphatic rings. The Bertz CT molecular complexity index is 752. The van der Waals surface area contributed by atoms with Crippen LogP contribution in [0.4, 0.5) is 0 Å². The number of nitrogens with zero attached hydrogens (tertiary/aromatic N) is 2. The quantitative estimate of drug-likeness (QED) is 0.880. The van der Waals surface area contributed by atoms with Gasteiger partial charge in [-0.05, 0) is 17.7 Å². The summed E-state index contributed by atoms with van der Waals surface area (Å²) in [6, 6.07) is 13.6. The van der Waals surface area contributed by atoms with Crippen LogP contribution in [0.15, 0.2) is 58.2 Å². The Morgan fingerprint density at radius 2 is 1.96 bits per heavy atom. The molecule has 4 rings (SSSR count). The van der Waals surface area contributed by atoms with Crippen LogP contribution in [0, 0.1) is 0 Å². The Balaban J connectivity index is 1.49. The van der Waals surface area contributed by atoms with Crippen molar-refractivity contribution in [3.63, 3.8) is 0 Å². The second-order valence-electron chi connectivity index (χ2n) is 6.75. The summed E-state index contributed by atoms with van der Waals surface area (Å²) >= 11 is 0. The van der Waals surface area contributed by atoms with Crippen molar-refractivity contribution in [3.8, 4) is 0 Å². The van der Waals surface area contributed by atoms with Gasteiger partial charge in [-0.2, -0.15) is 5.10 Å². The van der Waals surface area contributed by atoms with Gasteiger partial charge in [0, 0.05) is 6.42 Å². The Morgan fingerprint density at radius 1 is 1.15 bits per heavy atom. The lowest BCUT2D eigenvalue weighted by Crippen LogP contribution is -3.14. The first-order chi connectivity index (χ1) is 12.8. The van der Waals surface area contributed by atoms with Crippen LogP contribution in [0.5, 0.6) is 0 Å². The fourth-order valence-corrected chi connectivity index (χ4v) is 3.56. The highest BCUT2D eigenvalue weighted by Gasteiger charge is 2.35. The van der Waals surface area contributed by atoms with E-state index in [0.717, 1.165) is 49.9 Å². The van der Waals surface area contributed by atoms with Gasteiger partial charge < -0.3 is 14.1 Å². The Kier molecular flexibility index (Phi) is 5.13. The largest absolute Gasteiger partial charge is 0.467 e. The summed E-state index contributed by atoms with van der Waals surface area (Å²) in [7, 11) is 0. The molecule has 136 valence electrons. The molecule has 3 heterocycles. The van der Waals surface area contributed by atoms with Gasteiger partial charge in [0.25, 0.3) is 0 Å². The van der Waals surface area contributed by atoms with Crippen LogP contribution in [0.2, 0.25) is 0 Å². The van der Waals surface area contributed by atoms with E-state index in [9.17, 15) is 4.79 Å². The lowest BCUT2D eigenvalue weighted by Gasteiger charge is -2.25. The molecule has 0 saturated carbocycles. The van der Waals surface area contributed by atoms with E-state index in [1.807, 2.05) is 42.5 Å². The van der Waals surface area contributed by atoms with Crippen LogP contribution in [-0.4, -0.2) is 49.5 Å². The maximum Gasteiger partial charge on any atom is 0.249 e. The smallest absolute Gasteiger partial charge is 0.249 e. The number of nitrogens with one attached hydrogen (secondary N) is 1. The summed E-state index contributed by atoms with van der Waals surface area (Å²) in [6.07, 6.45) is 2.81. The molecule has 1 atom stereocenters. The minimum Gasteiger partial charge on any atom is -0.467 e. The Hall–Kier alpha value is -2.44. The number of carbonyl (C=O) groups is 1. The van der Waals surface area contributed by atoms with Gasteiger partial charge in [0.15, 0.2) is 0 Å². The molecule has 1 N–H and O–H groups in total. The number of amides is 1. The van der Waals surface area contributed by atoms with Crippen LogP contribution in [-0.2, 0) is 9.53 Å². The lowest BCUT2D eigenvalue weighted by atomic mass is 10.0. The summed E-state index contributed by atoms with van der Waals surface area (Å²) in [5, 5.41) is 6.29. The summed E-state index contributed by atoms with van der Waals surface area (Å²) in [5.41, 5.74) is 1.98. The van der Waals surface area contributed by atoms with Gasteiger partial charge in [0.1, 0.15) is 24.9 Å². The third-order valence-electron chi connectivity index (χ3n) is 5.04. The second kappa shape index (κ2) is 7.85. The fourth-order valence-electron chi connectivity index (χ4n) is 3.56. The average molecular weight is 354 g/mol. The first kappa shape index (κ1) is 17.0. The molecule has 2 aliphatic heterocycles. The normalized spacial score (nSPS) is 21.0. The summed E-state index contributed by atoms with van der Waals surface area (Å²) in [4.78, 5) is 14.3. The number of morpholine rings is 1. The van der Waals surface area contributed by atoms with Crippen molar-refractivity contribution in [3.05, 3.63) is 60.1 Å². The maximum atomic E-state index is 12.9. The number of benzene rings is 1. The standard InChI is InChI=1S/C20H23N3O3/c24-20(8-9-22-10-13-25-14-11-22)23-18(19-7-4-12-26-19)15-17(21-23)16-5-2-1-3-6-16/h1-7,12,18H,8-11,13-15H2/p+1/t18-/m0/s1. The van der Waals surface area contributed by atoms with Crippen LogP contribution in [0.1, 0.15) is 30.2 Å². The van der Waals surface area contributed by atoms with Crippen molar-refractivity contribution in [1.82, 2.24) is 5.01 Å². The highest BCUT2D eigenvalue weighted by Crippen LogP contribution is 2.33. The predicted octanol–water partition coefficient (Wildman–Crippen LogP) is 1.26. The fraction of sp³-hybridized carbons (Fsp3) is 0.400. The minimum atomic E-state index is -0.160. The van der Waals surface area contributed by atoms with Crippen molar-refractivity contribution in [2.75, 3.05) is 32.8 Å². The molecular formula is C20H24N3O3+. The van der Waals surface area contributed by atoms with Gasteiger partial charge in [-0.1, -0.05) is 30.3 Å². The van der Waals surface area contributed by atoms with E-state index in [0.29, 0.717) is 12.8 Å². The van der Waals surface area contributed by atoms with Crippen LogP contribution >= 0.6 is 0 Å². The number of carbonyl (C=O) groups excluding carboxylic acids is 1. The highest BCUT2D eigenvalue weighted by atomic mass is 16.5. The van der Waals surface area contributed by atoms with E-state index >= 15 is 0 Å². The first-order valence-corrected chi connectivity index (χ1v) is 9.21. The number of hydrogen-bond acceptors (Lipinski definition) is 4. The molecule has 26 heavy (non-hydrogen) atoms. The summed E-state index contributed by atoms with van der Waals surface area (Å²) in [6.45, 7) is 4.30. The van der Waals surface area contributed by atoms with Crippen molar-refractivity contribution in [1.29, 1.82) is 0 Å². The molecule has 2 aromatic rings. The molecule has 1 fully saturated rings. The molecular weight excluding hydrogens is 330 g/mol. The topological polar surface area (TPSA) is 59.5 Å². The van der Waals surface area contributed by atoms with E-state index in [1.54, 1.807) is 11.3 Å². The minimum absolute atomic E-state index is 0.0522. The molecule has 0 aliphatic carbocycles. The SMILES string of the molecule is O=C(CC[NH+]1CCOCC1)N1N=C(c2ccccc2)C[C@H]1c1ccco1. The van der Waals surface area contributed by atoms with Gasteiger partial charge in [-0.3, -0.25) is 4.79 Å². The van der Waals surface area contributed by atoms with Crippen LogP contribution in [0.25, 0.3) is 0 Å². The van der Waals surface area contributed by atoms with Gasteiger partial charge in [-0.15, -0.1) is 0 Å². The third-order valence-corrected chi connectivity index (χ3v) is 5.04. The van der Waals surface area contributed by atoms with Crippen molar-refractivity contribution in [2.45, 2.75) is 18.9 Å². The number of rotatable bonds is 5. The van der Waals surface area contributed by atoms with Gasteiger partial charge >= 0.3 is 0 Å². The van der Waals surface area contributed by atoms with Crippen molar-refractivity contribution in [2.24, 2.45) is 5.10 Å². The predicted molar refractivity (Wildman–Crippen MR) is 96.9 cm³/mol. The molecule has 0 unspecified atom stereocenters. The van der Waals surface area contributed by atoms with Gasteiger partial charge in [0.2, 0.25) is 5.91 Å². The molecule has 0 bridgehead atoms. The zero-order valence-electron chi connectivity index (χ0n) is 14.8. The van der Waals surface area contributed by atoms with Gasteiger partial charge in [-0.25, -0.2) is 5.01 Å². The van der Waals surface area contributed by atoms with E-state index in [2.05, 4.69) is 5.10 Å². The molecule has 1 aromatic heterocycles. The molecule has 1 saturated heterocycles. The Labute approximate surface area is 153 Å². The van der Waals surface area contributed by atoms with Gasteiger partial charge in [0.05, 0.1) is 38.2 Å². The molecule has 1 aromatic carbocycles. The van der Waals surface area contributed by atoms with Crippen LogP contribution in [0.3, 0.4) is 0 Å². The number of quaternary nitrogens is 1. The zero-order chi connectivity index (χ0) is 17.8. The monoisotopic (exact) mass is 354 g/mol. The van der Waals surface area contributed by atoms with E-state index in [1.165, 1.54) is 4.90 Å². The molecule has 6 nitrogen and oxygen atoms in total. The third kappa shape index (κ3) is 3.71. The van der Waals surface area contributed by atoms with Crippen LogP contribution < -0.4 is 4.90 Å². The maximum absolute atomic E-state index is 12.9. The molecule has 0 radical (unpaired) electrons. The molecule has 0 spiro atoms. The first-order valence-electron chi connectivity index (χ1n) is 9.21. The van der Waals surface area contributed by atoms with E-state index in [4.69, 9.17) is 9.15 Å². The molecule has 6 heteroatoms. The Morgan fingerprint density at radius 3 is 2.69 bits per heavy atom. The second-order valence-corrected chi connectivity index (χ2v) is 6.75. The van der Waals surface area contributed by atoms with E-state index < -0.39 is 0 Å². The number of ether oxygens (including phenoxy) is 1. The number of furan rings is 1. The average Bonchev–Trinajstić information content (AvgIpc) is 3.37. The van der Waals surface area contributed by atoms with Crippen molar-refractivity contribution < 1.29 is 18.8 Å². The summed E-state index contributed by atoms with van der Waals surface area (Å²) in [5.74, 6) is 0.836. The highest BCUT2D eigenvalue weighted by molar-refractivity contribution is 6.03.